The molecular weight excluding hydrogens is 288 g/mol. The van der Waals surface area contributed by atoms with Gasteiger partial charge in [-0.15, -0.1) is 11.3 Å². The van der Waals surface area contributed by atoms with Crippen LogP contribution in [-0.2, 0) is 5.41 Å². The summed E-state index contributed by atoms with van der Waals surface area (Å²) in [4.78, 5) is 5.99. The summed E-state index contributed by atoms with van der Waals surface area (Å²) in [5, 5.41) is 5.40. The SMILES string of the molecule is Cc1nc(C(C)(C)C)sc1C(C)Nc1ccccc1Cl. The second-order valence-electron chi connectivity index (χ2n) is 6.06. The van der Waals surface area contributed by atoms with E-state index in [1.165, 1.54) is 9.88 Å². The minimum atomic E-state index is 0.0950. The van der Waals surface area contributed by atoms with Crippen LogP contribution in [0.1, 0.15) is 49.3 Å². The maximum absolute atomic E-state index is 6.20. The Bertz CT molecular complexity index is 599. The zero-order chi connectivity index (χ0) is 14.9. The van der Waals surface area contributed by atoms with Gasteiger partial charge in [-0.1, -0.05) is 44.5 Å². The van der Waals surface area contributed by atoms with Crippen LogP contribution >= 0.6 is 22.9 Å². The molecule has 0 amide bonds. The summed E-state index contributed by atoms with van der Waals surface area (Å²) in [7, 11) is 0. The number of hydrogen-bond donors (Lipinski definition) is 1. The van der Waals surface area contributed by atoms with Crippen LogP contribution in [0.15, 0.2) is 24.3 Å². The van der Waals surface area contributed by atoms with Crippen molar-refractivity contribution in [1.29, 1.82) is 0 Å². The van der Waals surface area contributed by atoms with Gasteiger partial charge in [-0.05, 0) is 26.0 Å². The van der Waals surface area contributed by atoms with Crippen molar-refractivity contribution in [1.82, 2.24) is 4.98 Å². The summed E-state index contributed by atoms with van der Waals surface area (Å²) in [6, 6.07) is 8.02. The molecule has 1 aromatic carbocycles. The van der Waals surface area contributed by atoms with Crippen molar-refractivity contribution in [2.75, 3.05) is 5.32 Å². The third kappa shape index (κ3) is 3.33. The quantitative estimate of drug-likeness (QED) is 0.801. The molecular formula is C16H21ClN2S. The molecule has 0 radical (unpaired) electrons. The Morgan fingerprint density at radius 3 is 2.45 bits per heavy atom. The molecule has 1 aromatic heterocycles. The first kappa shape index (κ1) is 15.3. The number of benzene rings is 1. The lowest BCUT2D eigenvalue weighted by Crippen LogP contribution is -2.10. The molecule has 0 aliphatic rings. The number of hydrogen-bond acceptors (Lipinski definition) is 3. The van der Waals surface area contributed by atoms with E-state index >= 15 is 0 Å². The molecule has 0 saturated carbocycles. The van der Waals surface area contributed by atoms with Crippen LogP contribution in [-0.4, -0.2) is 4.98 Å². The van der Waals surface area contributed by atoms with E-state index in [9.17, 15) is 0 Å². The molecule has 2 nitrogen and oxygen atoms in total. The monoisotopic (exact) mass is 308 g/mol. The van der Waals surface area contributed by atoms with Crippen LogP contribution < -0.4 is 5.32 Å². The molecule has 0 fully saturated rings. The van der Waals surface area contributed by atoms with Gasteiger partial charge in [0, 0.05) is 10.3 Å². The number of aromatic nitrogens is 1. The van der Waals surface area contributed by atoms with E-state index in [1.54, 1.807) is 11.3 Å². The van der Waals surface area contributed by atoms with Gasteiger partial charge in [-0.25, -0.2) is 4.98 Å². The lowest BCUT2D eigenvalue weighted by molar-refractivity contribution is 0.584. The summed E-state index contributed by atoms with van der Waals surface area (Å²) in [5.41, 5.74) is 2.16. The lowest BCUT2D eigenvalue weighted by Gasteiger charge is -2.16. The van der Waals surface area contributed by atoms with E-state index < -0.39 is 0 Å². The molecule has 2 aromatic rings. The zero-order valence-electron chi connectivity index (χ0n) is 12.6. The van der Waals surface area contributed by atoms with E-state index in [4.69, 9.17) is 16.6 Å². The Morgan fingerprint density at radius 2 is 1.90 bits per heavy atom. The van der Waals surface area contributed by atoms with E-state index in [0.29, 0.717) is 0 Å². The predicted octanol–water partition coefficient (Wildman–Crippen LogP) is 5.58. The number of nitrogens with zero attached hydrogens (tertiary/aromatic N) is 1. The normalized spacial score (nSPS) is 13.3. The Kier molecular flexibility index (Phi) is 4.40. The molecule has 2 rings (SSSR count). The number of anilines is 1. The number of para-hydroxylation sites is 1. The average Bonchev–Trinajstić information content (AvgIpc) is 2.74. The second-order valence-corrected chi connectivity index (χ2v) is 7.50. The van der Waals surface area contributed by atoms with Crippen molar-refractivity contribution >= 4 is 28.6 Å². The molecule has 1 N–H and O–H groups in total. The maximum Gasteiger partial charge on any atom is 0.0985 e. The molecule has 0 spiro atoms. The molecule has 0 aliphatic carbocycles. The lowest BCUT2D eigenvalue weighted by atomic mass is 9.98. The highest BCUT2D eigenvalue weighted by molar-refractivity contribution is 7.12. The molecule has 20 heavy (non-hydrogen) atoms. The van der Waals surface area contributed by atoms with Gasteiger partial charge in [0.05, 0.1) is 27.5 Å². The minimum absolute atomic E-state index is 0.0950. The molecule has 4 heteroatoms. The molecule has 0 saturated heterocycles. The van der Waals surface area contributed by atoms with Crippen LogP contribution in [0.2, 0.25) is 5.02 Å². The predicted molar refractivity (Wildman–Crippen MR) is 89.0 cm³/mol. The Hall–Kier alpha value is -1.06. The highest BCUT2D eigenvalue weighted by atomic mass is 35.5. The highest BCUT2D eigenvalue weighted by Crippen LogP contribution is 2.34. The summed E-state index contributed by atoms with van der Waals surface area (Å²) >= 11 is 7.98. The first-order valence-corrected chi connectivity index (χ1v) is 7.97. The molecule has 0 aliphatic heterocycles. The fourth-order valence-electron chi connectivity index (χ4n) is 2.01. The molecule has 1 atom stereocenters. The van der Waals surface area contributed by atoms with E-state index in [2.05, 4.69) is 39.9 Å². The van der Waals surface area contributed by atoms with Crippen molar-refractivity contribution in [3.05, 3.63) is 44.9 Å². The topological polar surface area (TPSA) is 24.9 Å². The van der Waals surface area contributed by atoms with E-state index in [0.717, 1.165) is 16.4 Å². The summed E-state index contributed by atoms with van der Waals surface area (Å²) in [6.45, 7) is 10.8. The van der Waals surface area contributed by atoms with Crippen LogP contribution in [0.5, 0.6) is 0 Å². The van der Waals surface area contributed by atoms with Gasteiger partial charge < -0.3 is 5.32 Å². The highest BCUT2D eigenvalue weighted by Gasteiger charge is 2.22. The number of nitrogens with one attached hydrogen (secondary N) is 1. The van der Waals surface area contributed by atoms with Gasteiger partial charge in [0.1, 0.15) is 0 Å². The average molecular weight is 309 g/mol. The van der Waals surface area contributed by atoms with Gasteiger partial charge in [0.15, 0.2) is 0 Å². The summed E-state index contributed by atoms with van der Waals surface area (Å²) in [5.74, 6) is 0. The first-order valence-electron chi connectivity index (χ1n) is 6.78. The van der Waals surface area contributed by atoms with Gasteiger partial charge in [-0.2, -0.15) is 0 Å². The second kappa shape index (κ2) is 5.74. The van der Waals surface area contributed by atoms with Crippen LogP contribution in [0.25, 0.3) is 0 Å². The smallest absolute Gasteiger partial charge is 0.0985 e. The molecule has 0 bridgehead atoms. The van der Waals surface area contributed by atoms with Crippen LogP contribution in [0, 0.1) is 6.92 Å². The number of aryl methyl sites for hydroxylation is 1. The van der Waals surface area contributed by atoms with Crippen molar-refractivity contribution in [3.8, 4) is 0 Å². The standard InChI is InChI=1S/C16H21ClN2S/c1-10(18-13-9-7-6-8-12(13)17)14-11(2)19-15(20-14)16(3,4)5/h6-10,18H,1-5H3. The molecule has 108 valence electrons. The van der Waals surface area contributed by atoms with Crippen LogP contribution in [0.4, 0.5) is 5.69 Å². The third-order valence-electron chi connectivity index (χ3n) is 3.11. The zero-order valence-corrected chi connectivity index (χ0v) is 14.2. The Morgan fingerprint density at radius 1 is 1.25 bits per heavy atom. The van der Waals surface area contributed by atoms with Crippen molar-refractivity contribution in [2.45, 2.75) is 46.1 Å². The van der Waals surface area contributed by atoms with Gasteiger partial charge in [0.2, 0.25) is 0 Å². The fraction of sp³-hybridized carbons (Fsp3) is 0.438. The number of halogens is 1. The Labute approximate surface area is 130 Å². The largest absolute Gasteiger partial charge is 0.376 e. The Balaban J connectivity index is 2.24. The van der Waals surface area contributed by atoms with E-state index in [-0.39, 0.29) is 11.5 Å². The van der Waals surface area contributed by atoms with Gasteiger partial charge in [0.25, 0.3) is 0 Å². The van der Waals surface area contributed by atoms with E-state index in [1.807, 2.05) is 24.3 Å². The summed E-state index contributed by atoms with van der Waals surface area (Å²) < 4.78 is 0. The van der Waals surface area contributed by atoms with Crippen LogP contribution in [0.3, 0.4) is 0 Å². The van der Waals surface area contributed by atoms with Gasteiger partial charge in [-0.3, -0.25) is 0 Å². The number of rotatable bonds is 3. The third-order valence-corrected chi connectivity index (χ3v) is 5.21. The van der Waals surface area contributed by atoms with Crippen molar-refractivity contribution in [3.63, 3.8) is 0 Å². The fourth-order valence-corrected chi connectivity index (χ4v) is 3.32. The summed E-state index contributed by atoms with van der Waals surface area (Å²) in [6.07, 6.45) is 0. The first-order chi connectivity index (χ1) is 9.29. The van der Waals surface area contributed by atoms with Crippen molar-refractivity contribution in [2.24, 2.45) is 0 Å². The maximum atomic E-state index is 6.20. The number of thiazole rings is 1. The van der Waals surface area contributed by atoms with Crippen molar-refractivity contribution < 1.29 is 0 Å². The van der Waals surface area contributed by atoms with Gasteiger partial charge >= 0.3 is 0 Å². The minimum Gasteiger partial charge on any atom is -0.376 e. The molecule has 1 unspecified atom stereocenters. The molecule has 1 heterocycles.